The summed E-state index contributed by atoms with van der Waals surface area (Å²) >= 11 is 6.35. The fourth-order valence-electron chi connectivity index (χ4n) is 1.10. The van der Waals surface area contributed by atoms with Crippen LogP contribution in [0.15, 0.2) is 33.3 Å². The molecule has 88 valence electrons. The van der Waals surface area contributed by atoms with Crippen LogP contribution in [0.2, 0.25) is 0 Å². The summed E-state index contributed by atoms with van der Waals surface area (Å²) in [5.41, 5.74) is 5.42. The predicted octanol–water partition coefficient (Wildman–Crippen LogP) is 3.52. The molecule has 0 aliphatic carbocycles. The molecule has 0 radical (unpaired) electrons. The maximum atomic E-state index is 13.5. The fraction of sp³-hybridized carbons (Fsp3) is 0. The smallest absolute Gasteiger partial charge is 0.238 e. The van der Waals surface area contributed by atoms with E-state index < -0.39 is 5.82 Å². The molecular formula is C10H6Br2FN3O. The number of ether oxygens (including phenoxy) is 1. The SMILES string of the molecule is Nc1ncc(Br)c(Oc2ccc(Br)cc2F)n1. The van der Waals surface area contributed by atoms with E-state index in [1.165, 1.54) is 18.3 Å². The second-order valence-corrected chi connectivity index (χ2v) is 4.83. The summed E-state index contributed by atoms with van der Waals surface area (Å²) in [5.74, 6) is -0.213. The van der Waals surface area contributed by atoms with E-state index >= 15 is 0 Å². The number of benzene rings is 1. The van der Waals surface area contributed by atoms with Gasteiger partial charge in [0.1, 0.15) is 0 Å². The third-order valence-electron chi connectivity index (χ3n) is 1.83. The van der Waals surface area contributed by atoms with Crippen LogP contribution in [0, 0.1) is 5.82 Å². The zero-order valence-electron chi connectivity index (χ0n) is 8.32. The molecule has 1 aromatic carbocycles. The van der Waals surface area contributed by atoms with Crippen molar-refractivity contribution in [1.82, 2.24) is 9.97 Å². The minimum Gasteiger partial charge on any atom is -0.435 e. The van der Waals surface area contributed by atoms with Crippen LogP contribution in [-0.4, -0.2) is 9.97 Å². The van der Waals surface area contributed by atoms with Crippen molar-refractivity contribution >= 4 is 37.8 Å². The van der Waals surface area contributed by atoms with Crippen LogP contribution < -0.4 is 10.5 Å². The van der Waals surface area contributed by atoms with Gasteiger partial charge >= 0.3 is 0 Å². The van der Waals surface area contributed by atoms with Gasteiger partial charge in [-0.1, -0.05) is 15.9 Å². The van der Waals surface area contributed by atoms with Crippen LogP contribution in [0.5, 0.6) is 11.6 Å². The summed E-state index contributed by atoms with van der Waals surface area (Å²) in [6, 6.07) is 4.45. The third kappa shape index (κ3) is 2.92. The summed E-state index contributed by atoms with van der Waals surface area (Å²) in [6.45, 7) is 0. The molecule has 1 heterocycles. The molecule has 0 aliphatic rings. The van der Waals surface area contributed by atoms with Gasteiger partial charge in [-0.3, -0.25) is 0 Å². The standard InChI is InChI=1S/C10H6Br2FN3O/c11-5-1-2-8(7(13)3-5)17-9-6(12)4-15-10(14)16-9/h1-4H,(H2,14,15,16). The fourth-order valence-corrected chi connectivity index (χ4v) is 1.70. The number of hydrogen-bond acceptors (Lipinski definition) is 4. The van der Waals surface area contributed by atoms with Crippen molar-refractivity contribution in [2.75, 3.05) is 5.73 Å². The number of halogens is 3. The van der Waals surface area contributed by atoms with Gasteiger partial charge < -0.3 is 10.5 Å². The Bertz CT molecular complexity index is 565. The van der Waals surface area contributed by atoms with Gasteiger partial charge in [-0.25, -0.2) is 9.37 Å². The first-order valence-corrected chi connectivity index (χ1v) is 6.06. The summed E-state index contributed by atoms with van der Waals surface area (Å²) in [6.07, 6.45) is 1.44. The highest BCUT2D eigenvalue weighted by molar-refractivity contribution is 9.10. The average Bonchev–Trinajstić information content (AvgIpc) is 2.27. The number of nitrogens with two attached hydrogens (primary N) is 1. The second kappa shape index (κ2) is 4.97. The molecule has 0 fully saturated rings. The lowest BCUT2D eigenvalue weighted by Crippen LogP contribution is -1.98. The Kier molecular flexibility index (Phi) is 3.58. The molecular weight excluding hydrogens is 357 g/mol. The van der Waals surface area contributed by atoms with Crippen LogP contribution in [0.1, 0.15) is 0 Å². The lowest BCUT2D eigenvalue weighted by Gasteiger charge is -2.07. The normalized spacial score (nSPS) is 10.3. The highest BCUT2D eigenvalue weighted by Gasteiger charge is 2.10. The van der Waals surface area contributed by atoms with Crippen molar-refractivity contribution < 1.29 is 9.13 Å². The van der Waals surface area contributed by atoms with Gasteiger partial charge in [-0.2, -0.15) is 4.98 Å². The van der Waals surface area contributed by atoms with Crippen molar-refractivity contribution in [2.24, 2.45) is 0 Å². The van der Waals surface area contributed by atoms with E-state index in [-0.39, 0.29) is 17.6 Å². The Hall–Kier alpha value is -1.21. The maximum absolute atomic E-state index is 13.5. The van der Waals surface area contributed by atoms with Gasteiger partial charge in [0.25, 0.3) is 0 Å². The van der Waals surface area contributed by atoms with Crippen LogP contribution in [0.3, 0.4) is 0 Å². The van der Waals surface area contributed by atoms with Crippen molar-refractivity contribution in [3.63, 3.8) is 0 Å². The molecule has 0 atom stereocenters. The molecule has 1 aromatic heterocycles. The maximum Gasteiger partial charge on any atom is 0.238 e. The number of rotatable bonds is 2. The Morgan fingerprint density at radius 1 is 1.29 bits per heavy atom. The van der Waals surface area contributed by atoms with Crippen LogP contribution in [0.4, 0.5) is 10.3 Å². The Labute approximate surface area is 113 Å². The molecule has 2 aromatic rings. The number of nitrogen functional groups attached to an aromatic ring is 1. The molecule has 0 bridgehead atoms. The molecule has 0 saturated carbocycles. The monoisotopic (exact) mass is 361 g/mol. The van der Waals surface area contributed by atoms with Crippen molar-refractivity contribution in [1.29, 1.82) is 0 Å². The molecule has 0 unspecified atom stereocenters. The van der Waals surface area contributed by atoms with Gasteiger partial charge in [0.15, 0.2) is 11.6 Å². The zero-order chi connectivity index (χ0) is 12.4. The molecule has 0 amide bonds. The Morgan fingerprint density at radius 3 is 2.76 bits per heavy atom. The van der Waals surface area contributed by atoms with Crippen molar-refractivity contribution in [3.8, 4) is 11.6 Å². The average molecular weight is 363 g/mol. The Morgan fingerprint density at radius 2 is 2.06 bits per heavy atom. The Balaban J connectivity index is 2.34. The molecule has 17 heavy (non-hydrogen) atoms. The summed E-state index contributed by atoms with van der Waals surface area (Å²) in [4.78, 5) is 7.61. The van der Waals surface area contributed by atoms with Crippen LogP contribution >= 0.6 is 31.9 Å². The zero-order valence-corrected chi connectivity index (χ0v) is 11.5. The lowest BCUT2D eigenvalue weighted by molar-refractivity contribution is 0.424. The number of aromatic nitrogens is 2. The van der Waals surface area contributed by atoms with Gasteiger partial charge in [0.2, 0.25) is 11.8 Å². The lowest BCUT2D eigenvalue weighted by atomic mass is 10.3. The summed E-state index contributed by atoms with van der Waals surface area (Å²) < 4.78 is 19.9. The second-order valence-electron chi connectivity index (χ2n) is 3.06. The molecule has 7 heteroatoms. The molecule has 0 saturated heterocycles. The highest BCUT2D eigenvalue weighted by atomic mass is 79.9. The number of anilines is 1. The molecule has 4 nitrogen and oxygen atoms in total. The number of hydrogen-bond donors (Lipinski definition) is 1. The first-order chi connectivity index (χ1) is 8.06. The molecule has 0 aliphatic heterocycles. The summed E-state index contributed by atoms with van der Waals surface area (Å²) in [7, 11) is 0. The minimum absolute atomic E-state index is 0.0562. The van der Waals surface area contributed by atoms with Gasteiger partial charge in [-0.05, 0) is 34.1 Å². The van der Waals surface area contributed by atoms with Gasteiger partial charge in [0.05, 0.1) is 10.7 Å². The first kappa shape index (κ1) is 12.3. The van der Waals surface area contributed by atoms with Crippen LogP contribution in [0.25, 0.3) is 0 Å². The van der Waals surface area contributed by atoms with Crippen molar-refractivity contribution in [3.05, 3.63) is 39.2 Å². The number of nitrogens with zero attached hydrogens (tertiary/aromatic N) is 2. The largest absolute Gasteiger partial charge is 0.435 e. The molecule has 2 rings (SSSR count). The quantitative estimate of drug-likeness (QED) is 0.887. The molecule has 2 N–H and O–H groups in total. The minimum atomic E-state index is -0.497. The van der Waals surface area contributed by atoms with Gasteiger partial charge in [0, 0.05) is 4.47 Å². The summed E-state index contributed by atoms with van der Waals surface area (Å²) in [5, 5.41) is 0. The van der Waals surface area contributed by atoms with E-state index in [9.17, 15) is 4.39 Å². The topological polar surface area (TPSA) is 61.0 Å². The third-order valence-corrected chi connectivity index (χ3v) is 2.87. The first-order valence-electron chi connectivity index (χ1n) is 4.47. The van der Waals surface area contributed by atoms with Crippen LogP contribution in [-0.2, 0) is 0 Å². The van der Waals surface area contributed by atoms with E-state index in [1.54, 1.807) is 6.07 Å². The van der Waals surface area contributed by atoms with E-state index in [1.807, 2.05) is 0 Å². The highest BCUT2D eigenvalue weighted by Crippen LogP contribution is 2.30. The van der Waals surface area contributed by atoms with E-state index in [0.29, 0.717) is 8.95 Å². The van der Waals surface area contributed by atoms with E-state index in [2.05, 4.69) is 41.8 Å². The van der Waals surface area contributed by atoms with Crippen molar-refractivity contribution in [2.45, 2.75) is 0 Å². The molecule has 0 spiro atoms. The van der Waals surface area contributed by atoms with E-state index in [4.69, 9.17) is 10.5 Å². The van der Waals surface area contributed by atoms with Gasteiger partial charge in [-0.15, -0.1) is 0 Å². The van der Waals surface area contributed by atoms with E-state index in [0.717, 1.165) is 0 Å². The predicted molar refractivity (Wildman–Crippen MR) is 68.3 cm³/mol.